The highest BCUT2D eigenvalue weighted by atomic mass is 35.7. The van der Waals surface area contributed by atoms with Gasteiger partial charge in [0.05, 0.1) is 12.2 Å². The first-order valence-electron chi connectivity index (χ1n) is 5.26. The van der Waals surface area contributed by atoms with Crippen molar-refractivity contribution in [2.75, 3.05) is 13.2 Å². The topological polar surface area (TPSA) is 72.5 Å². The Morgan fingerprint density at radius 3 is 2.78 bits per heavy atom. The minimum absolute atomic E-state index is 0.0354. The van der Waals surface area contributed by atoms with Gasteiger partial charge in [0.2, 0.25) is 0 Å². The first-order chi connectivity index (χ1) is 8.34. The fourth-order valence-electron chi connectivity index (χ4n) is 1.21. The number of hydrogen-bond acceptors (Lipinski definition) is 5. The van der Waals surface area contributed by atoms with Gasteiger partial charge in [-0.2, -0.15) is 0 Å². The summed E-state index contributed by atoms with van der Waals surface area (Å²) in [6, 6.07) is 1.11. The van der Waals surface area contributed by atoms with E-state index in [1.54, 1.807) is 6.92 Å². The van der Waals surface area contributed by atoms with Gasteiger partial charge in [-0.3, -0.25) is 4.79 Å². The molecule has 8 heteroatoms. The lowest BCUT2D eigenvalue weighted by molar-refractivity contribution is 0.0872. The predicted molar refractivity (Wildman–Crippen MR) is 70.8 cm³/mol. The van der Waals surface area contributed by atoms with Crippen LogP contribution >= 0.6 is 22.0 Å². The van der Waals surface area contributed by atoms with E-state index in [9.17, 15) is 13.2 Å². The number of halogens is 1. The Balaban J connectivity index is 2.65. The molecule has 0 aliphatic rings. The summed E-state index contributed by atoms with van der Waals surface area (Å²) >= 11 is 0.918. The molecule has 1 aromatic rings. The maximum atomic E-state index is 11.8. The lowest BCUT2D eigenvalue weighted by Crippen LogP contribution is -2.35. The quantitative estimate of drug-likeness (QED) is 0.814. The first-order valence-corrected chi connectivity index (χ1v) is 8.45. The van der Waals surface area contributed by atoms with Crippen LogP contribution in [-0.2, 0) is 13.8 Å². The van der Waals surface area contributed by atoms with Gasteiger partial charge in [-0.1, -0.05) is 0 Å². The van der Waals surface area contributed by atoms with Gasteiger partial charge < -0.3 is 10.1 Å². The lowest BCUT2D eigenvalue weighted by Gasteiger charge is -2.12. The second-order valence-electron chi connectivity index (χ2n) is 3.63. The van der Waals surface area contributed by atoms with Gasteiger partial charge in [0.25, 0.3) is 15.0 Å². The monoisotopic (exact) mass is 311 g/mol. The maximum absolute atomic E-state index is 11.8. The number of carbonyl (C=O) groups is 1. The van der Waals surface area contributed by atoms with Gasteiger partial charge >= 0.3 is 0 Å². The highest BCUT2D eigenvalue weighted by molar-refractivity contribution is 8.15. The summed E-state index contributed by atoms with van der Waals surface area (Å²) in [7, 11) is 1.41. The normalized spacial score (nSPS) is 13.3. The zero-order valence-electron chi connectivity index (χ0n) is 9.97. The van der Waals surface area contributed by atoms with Crippen LogP contribution in [0.4, 0.5) is 0 Å². The molecule has 0 saturated carbocycles. The number of nitrogens with one attached hydrogen (secondary N) is 1. The summed E-state index contributed by atoms with van der Waals surface area (Å²) in [5, 5.41) is 4.16. The van der Waals surface area contributed by atoms with E-state index in [-0.39, 0.29) is 21.7 Å². The third-order valence-electron chi connectivity index (χ3n) is 2.03. The van der Waals surface area contributed by atoms with Crippen LogP contribution in [-0.4, -0.2) is 33.6 Å². The number of carbonyl (C=O) groups excluding carboxylic acids is 1. The Labute approximate surface area is 115 Å². The predicted octanol–water partition coefficient (Wildman–Crippen LogP) is 1.83. The summed E-state index contributed by atoms with van der Waals surface area (Å²) in [5.41, 5.74) is 0.280. The number of thiophene rings is 1. The number of amides is 1. The third-order valence-corrected chi connectivity index (χ3v) is 5.07. The average molecular weight is 312 g/mol. The second kappa shape index (κ2) is 6.51. The fourth-order valence-corrected chi connectivity index (χ4v) is 3.15. The molecule has 1 aromatic heterocycles. The summed E-state index contributed by atoms with van der Waals surface area (Å²) in [6.07, 6.45) is 0. The maximum Gasteiger partial charge on any atom is 0.270 e. The van der Waals surface area contributed by atoms with Crippen molar-refractivity contribution >= 4 is 37.0 Å². The van der Waals surface area contributed by atoms with Gasteiger partial charge in [-0.25, -0.2) is 8.42 Å². The molecule has 1 unspecified atom stereocenters. The van der Waals surface area contributed by atoms with Crippen LogP contribution in [0.1, 0.15) is 24.2 Å². The van der Waals surface area contributed by atoms with E-state index in [4.69, 9.17) is 15.4 Å². The minimum Gasteiger partial charge on any atom is -0.380 e. The molecule has 1 atom stereocenters. The number of rotatable bonds is 6. The summed E-state index contributed by atoms with van der Waals surface area (Å²) < 4.78 is 27.2. The van der Waals surface area contributed by atoms with E-state index in [2.05, 4.69) is 5.32 Å². The second-order valence-corrected chi connectivity index (χ2v) is 7.33. The van der Waals surface area contributed by atoms with E-state index < -0.39 is 9.05 Å². The van der Waals surface area contributed by atoms with E-state index in [1.165, 1.54) is 11.4 Å². The van der Waals surface area contributed by atoms with E-state index in [0.29, 0.717) is 13.2 Å². The van der Waals surface area contributed by atoms with Crippen molar-refractivity contribution in [2.45, 2.75) is 24.1 Å². The van der Waals surface area contributed by atoms with Crippen molar-refractivity contribution in [2.24, 2.45) is 0 Å². The molecule has 0 aliphatic heterocycles. The molecule has 0 aliphatic carbocycles. The van der Waals surface area contributed by atoms with Crippen LogP contribution in [0.15, 0.2) is 15.7 Å². The fraction of sp³-hybridized carbons (Fsp3) is 0.500. The van der Waals surface area contributed by atoms with E-state index >= 15 is 0 Å². The molecule has 5 nitrogen and oxygen atoms in total. The summed E-state index contributed by atoms with van der Waals surface area (Å²) in [4.78, 5) is 11.8. The molecule has 102 valence electrons. The Hall–Kier alpha value is -0.630. The van der Waals surface area contributed by atoms with E-state index in [0.717, 1.165) is 11.3 Å². The van der Waals surface area contributed by atoms with Gasteiger partial charge in [0.1, 0.15) is 4.21 Å². The van der Waals surface area contributed by atoms with Gasteiger partial charge in [0.15, 0.2) is 0 Å². The smallest absolute Gasteiger partial charge is 0.270 e. The van der Waals surface area contributed by atoms with Gasteiger partial charge in [-0.05, 0) is 19.9 Å². The van der Waals surface area contributed by atoms with Crippen molar-refractivity contribution < 1.29 is 17.9 Å². The van der Waals surface area contributed by atoms with Crippen molar-refractivity contribution in [3.8, 4) is 0 Å². The Kier molecular flexibility index (Phi) is 5.58. The zero-order chi connectivity index (χ0) is 13.8. The molecule has 0 saturated heterocycles. The van der Waals surface area contributed by atoms with Crippen LogP contribution in [0.2, 0.25) is 0 Å². The molecule has 1 heterocycles. The molecule has 0 aromatic carbocycles. The standard InChI is InChI=1S/C10H14ClNO4S2/c1-3-16-5-7(2)12-10(13)8-4-9(17-6-8)18(11,14)15/h4,6-7H,3,5H2,1-2H3,(H,12,13). The van der Waals surface area contributed by atoms with Crippen LogP contribution in [0.25, 0.3) is 0 Å². The molecule has 18 heavy (non-hydrogen) atoms. The van der Waals surface area contributed by atoms with Crippen LogP contribution in [0.3, 0.4) is 0 Å². The first kappa shape index (κ1) is 15.4. The van der Waals surface area contributed by atoms with Crippen LogP contribution in [0.5, 0.6) is 0 Å². The van der Waals surface area contributed by atoms with Crippen molar-refractivity contribution in [3.05, 3.63) is 17.0 Å². The Morgan fingerprint density at radius 1 is 1.61 bits per heavy atom. The molecule has 0 bridgehead atoms. The molecule has 1 rings (SSSR count). The van der Waals surface area contributed by atoms with Crippen molar-refractivity contribution in [1.82, 2.24) is 5.32 Å². The Morgan fingerprint density at radius 2 is 2.28 bits per heavy atom. The molecule has 1 N–H and O–H groups in total. The molecular weight excluding hydrogens is 298 g/mol. The lowest BCUT2D eigenvalue weighted by atomic mass is 10.3. The zero-order valence-corrected chi connectivity index (χ0v) is 12.4. The van der Waals surface area contributed by atoms with Crippen molar-refractivity contribution in [1.29, 1.82) is 0 Å². The highest BCUT2D eigenvalue weighted by Crippen LogP contribution is 2.23. The molecule has 0 radical (unpaired) electrons. The molecule has 0 fully saturated rings. The highest BCUT2D eigenvalue weighted by Gasteiger charge is 2.17. The van der Waals surface area contributed by atoms with E-state index in [1.807, 2.05) is 6.92 Å². The van der Waals surface area contributed by atoms with Crippen molar-refractivity contribution in [3.63, 3.8) is 0 Å². The largest absolute Gasteiger partial charge is 0.380 e. The van der Waals surface area contributed by atoms with Gasteiger partial charge in [0, 0.05) is 28.7 Å². The summed E-state index contributed by atoms with van der Waals surface area (Å²) in [5.74, 6) is -0.343. The molecular formula is C10H14ClNO4S2. The summed E-state index contributed by atoms with van der Waals surface area (Å²) in [6.45, 7) is 4.66. The number of hydrogen-bond donors (Lipinski definition) is 1. The Bertz CT molecular complexity index is 512. The van der Waals surface area contributed by atoms with Crippen LogP contribution < -0.4 is 5.32 Å². The van der Waals surface area contributed by atoms with Gasteiger partial charge in [-0.15, -0.1) is 11.3 Å². The SMILES string of the molecule is CCOCC(C)NC(=O)c1csc(S(=O)(=O)Cl)c1. The number of ether oxygens (including phenoxy) is 1. The third kappa shape index (κ3) is 4.56. The molecule has 1 amide bonds. The van der Waals surface area contributed by atoms with Crippen LogP contribution in [0, 0.1) is 0 Å². The average Bonchev–Trinajstić information content (AvgIpc) is 2.75. The molecule has 0 spiro atoms. The minimum atomic E-state index is -3.77.